The molecular formula is C10H10ClN3O4. The number of carbonyl (C=O) groups excluding carboxylic acids is 2. The Balaban J connectivity index is 3.08. The number of benzene rings is 1. The molecule has 0 saturated carbocycles. The first kappa shape index (κ1) is 13.9. The van der Waals surface area contributed by atoms with Gasteiger partial charge in [-0.25, -0.2) is 0 Å². The molecule has 0 unspecified atom stereocenters. The van der Waals surface area contributed by atoms with E-state index >= 15 is 0 Å². The van der Waals surface area contributed by atoms with Crippen molar-refractivity contribution in [3.8, 4) is 0 Å². The summed E-state index contributed by atoms with van der Waals surface area (Å²) in [6, 6.07) is 2.64. The predicted molar refractivity (Wildman–Crippen MR) is 64.2 cm³/mol. The molecule has 0 bridgehead atoms. The highest BCUT2D eigenvalue weighted by Gasteiger charge is 2.22. The average molecular weight is 272 g/mol. The Morgan fingerprint density at radius 2 is 2.11 bits per heavy atom. The SMILES string of the molecule is C[C@H](NC(=O)c1cc(Cl)ccc1[N+](=O)[O-])C(N)=O. The second kappa shape index (κ2) is 5.46. The lowest BCUT2D eigenvalue weighted by Gasteiger charge is -2.10. The topological polar surface area (TPSA) is 115 Å². The Bertz CT molecular complexity index is 518. The van der Waals surface area contributed by atoms with Crippen molar-refractivity contribution >= 4 is 29.1 Å². The van der Waals surface area contributed by atoms with Crippen LogP contribution in [0.1, 0.15) is 17.3 Å². The molecule has 0 heterocycles. The average Bonchev–Trinajstić information content (AvgIpc) is 2.28. The number of nitro benzene ring substituents is 1. The summed E-state index contributed by atoms with van der Waals surface area (Å²) >= 11 is 5.67. The number of nitrogens with one attached hydrogen (secondary N) is 1. The fourth-order valence-electron chi connectivity index (χ4n) is 1.19. The van der Waals surface area contributed by atoms with Crippen molar-refractivity contribution in [2.45, 2.75) is 13.0 Å². The van der Waals surface area contributed by atoms with E-state index in [0.717, 1.165) is 12.1 Å². The minimum atomic E-state index is -0.934. The molecule has 0 radical (unpaired) electrons. The van der Waals surface area contributed by atoms with E-state index in [1.807, 2.05) is 0 Å². The van der Waals surface area contributed by atoms with E-state index in [0.29, 0.717) is 0 Å². The number of amides is 2. The van der Waals surface area contributed by atoms with Crippen molar-refractivity contribution < 1.29 is 14.5 Å². The summed E-state index contributed by atoms with van der Waals surface area (Å²) in [5, 5.41) is 13.2. The van der Waals surface area contributed by atoms with Crippen molar-refractivity contribution in [3.63, 3.8) is 0 Å². The van der Waals surface area contributed by atoms with Crippen LogP contribution in [0.15, 0.2) is 18.2 Å². The zero-order valence-electron chi connectivity index (χ0n) is 9.34. The minimum Gasteiger partial charge on any atom is -0.368 e. The Hall–Kier alpha value is -2.15. The summed E-state index contributed by atoms with van der Waals surface area (Å²) in [7, 11) is 0. The molecule has 0 aliphatic carbocycles. The van der Waals surface area contributed by atoms with Crippen LogP contribution in [0.25, 0.3) is 0 Å². The minimum absolute atomic E-state index is 0.178. The van der Waals surface area contributed by atoms with Crippen molar-refractivity contribution in [3.05, 3.63) is 38.9 Å². The van der Waals surface area contributed by atoms with Gasteiger partial charge in [0.1, 0.15) is 11.6 Å². The third-order valence-corrected chi connectivity index (χ3v) is 2.41. The molecule has 2 amide bonds. The molecular weight excluding hydrogens is 262 g/mol. The highest BCUT2D eigenvalue weighted by Crippen LogP contribution is 2.22. The maximum Gasteiger partial charge on any atom is 0.282 e. The third kappa shape index (κ3) is 3.17. The van der Waals surface area contributed by atoms with Gasteiger partial charge in [-0.3, -0.25) is 19.7 Å². The summed E-state index contributed by atoms with van der Waals surface area (Å²) in [6.07, 6.45) is 0. The Labute approximate surface area is 107 Å². The van der Waals surface area contributed by atoms with E-state index in [-0.39, 0.29) is 10.6 Å². The van der Waals surface area contributed by atoms with Crippen LogP contribution in [-0.2, 0) is 4.79 Å². The number of hydrogen-bond donors (Lipinski definition) is 2. The van der Waals surface area contributed by atoms with E-state index in [1.165, 1.54) is 13.0 Å². The summed E-state index contributed by atoms with van der Waals surface area (Å²) < 4.78 is 0. The molecule has 0 aliphatic heterocycles. The summed E-state index contributed by atoms with van der Waals surface area (Å²) in [4.78, 5) is 32.6. The summed E-state index contributed by atoms with van der Waals surface area (Å²) in [5.74, 6) is -1.52. The number of carbonyl (C=O) groups is 2. The molecule has 18 heavy (non-hydrogen) atoms. The van der Waals surface area contributed by atoms with Gasteiger partial charge in [-0.15, -0.1) is 0 Å². The van der Waals surface area contributed by atoms with Crippen LogP contribution >= 0.6 is 11.6 Å². The molecule has 8 heteroatoms. The van der Waals surface area contributed by atoms with Crippen molar-refractivity contribution in [2.75, 3.05) is 0 Å². The molecule has 96 valence electrons. The molecule has 0 aromatic heterocycles. The van der Waals surface area contributed by atoms with Crippen LogP contribution < -0.4 is 11.1 Å². The first-order valence-electron chi connectivity index (χ1n) is 4.87. The van der Waals surface area contributed by atoms with Crippen LogP contribution in [0.4, 0.5) is 5.69 Å². The Morgan fingerprint density at radius 3 is 2.61 bits per heavy atom. The third-order valence-electron chi connectivity index (χ3n) is 2.17. The number of rotatable bonds is 4. The highest BCUT2D eigenvalue weighted by atomic mass is 35.5. The van der Waals surface area contributed by atoms with Gasteiger partial charge in [-0.1, -0.05) is 11.6 Å². The van der Waals surface area contributed by atoms with Crippen LogP contribution in [0.2, 0.25) is 5.02 Å². The Kier molecular flexibility index (Phi) is 4.22. The molecule has 0 saturated heterocycles. The maximum atomic E-state index is 11.8. The Morgan fingerprint density at radius 1 is 1.50 bits per heavy atom. The molecule has 0 aliphatic rings. The monoisotopic (exact) mass is 271 g/mol. The second-order valence-corrected chi connectivity index (χ2v) is 3.95. The number of halogens is 1. The molecule has 1 aromatic rings. The number of primary amides is 1. The molecule has 3 N–H and O–H groups in total. The van der Waals surface area contributed by atoms with E-state index in [2.05, 4.69) is 5.32 Å². The fraction of sp³-hybridized carbons (Fsp3) is 0.200. The van der Waals surface area contributed by atoms with Gasteiger partial charge in [0, 0.05) is 11.1 Å². The lowest BCUT2D eigenvalue weighted by atomic mass is 10.1. The van der Waals surface area contributed by atoms with Gasteiger partial charge in [0.05, 0.1) is 4.92 Å². The fourth-order valence-corrected chi connectivity index (χ4v) is 1.37. The molecule has 0 fully saturated rings. The number of nitro groups is 1. The molecule has 1 rings (SSSR count). The van der Waals surface area contributed by atoms with Crippen LogP contribution in [0.5, 0.6) is 0 Å². The standard InChI is InChI=1S/C10H10ClN3O4/c1-5(9(12)15)13-10(16)7-4-6(11)2-3-8(7)14(17)18/h2-5H,1H3,(H2,12,15)(H,13,16)/t5-/m0/s1. The van der Waals surface area contributed by atoms with Gasteiger partial charge in [0.2, 0.25) is 5.91 Å². The smallest absolute Gasteiger partial charge is 0.282 e. The van der Waals surface area contributed by atoms with E-state index in [1.54, 1.807) is 0 Å². The lowest BCUT2D eigenvalue weighted by molar-refractivity contribution is -0.385. The van der Waals surface area contributed by atoms with Crippen LogP contribution in [0, 0.1) is 10.1 Å². The molecule has 1 aromatic carbocycles. The number of nitrogens with zero attached hydrogens (tertiary/aromatic N) is 1. The van der Waals surface area contributed by atoms with Gasteiger partial charge in [0.25, 0.3) is 11.6 Å². The molecule has 1 atom stereocenters. The van der Waals surface area contributed by atoms with Gasteiger partial charge in [-0.05, 0) is 19.1 Å². The van der Waals surface area contributed by atoms with Crippen molar-refractivity contribution in [1.29, 1.82) is 0 Å². The van der Waals surface area contributed by atoms with Crippen LogP contribution in [-0.4, -0.2) is 22.8 Å². The zero-order chi connectivity index (χ0) is 13.9. The van der Waals surface area contributed by atoms with Crippen molar-refractivity contribution in [1.82, 2.24) is 5.32 Å². The largest absolute Gasteiger partial charge is 0.368 e. The van der Waals surface area contributed by atoms with Gasteiger partial charge >= 0.3 is 0 Å². The first-order chi connectivity index (χ1) is 8.32. The van der Waals surface area contributed by atoms with Gasteiger partial charge in [0.15, 0.2) is 0 Å². The summed E-state index contributed by atoms with van der Waals surface area (Å²) in [6.45, 7) is 1.37. The van der Waals surface area contributed by atoms with Gasteiger partial charge < -0.3 is 11.1 Å². The lowest BCUT2D eigenvalue weighted by Crippen LogP contribution is -2.42. The molecule has 0 spiro atoms. The quantitative estimate of drug-likeness (QED) is 0.624. The summed E-state index contributed by atoms with van der Waals surface area (Å²) in [5.41, 5.74) is 4.36. The normalized spacial score (nSPS) is 11.7. The maximum absolute atomic E-state index is 11.8. The van der Waals surface area contributed by atoms with E-state index < -0.39 is 28.5 Å². The number of hydrogen-bond acceptors (Lipinski definition) is 4. The van der Waals surface area contributed by atoms with E-state index in [4.69, 9.17) is 17.3 Å². The second-order valence-electron chi connectivity index (χ2n) is 3.52. The zero-order valence-corrected chi connectivity index (χ0v) is 10.1. The molecule has 7 nitrogen and oxygen atoms in total. The number of nitrogens with two attached hydrogens (primary N) is 1. The van der Waals surface area contributed by atoms with Crippen LogP contribution in [0.3, 0.4) is 0 Å². The predicted octanol–water partition coefficient (Wildman–Crippen LogP) is 0.852. The highest BCUT2D eigenvalue weighted by molar-refractivity contribution is 6.31. The van der Waals surface area contributed by atoms with E-state index in [9.17, 15) is 19.7 Å². The van der Waals surface area contributed by atoms with Gasteiger partial charge in [-0.2, -0.15) is 0 Å². The first-order valence-corrected chi connectivity index (χ1v) is 5.25. The van der Waals surface area contributed by atoms with Crippen molar-refractivity contribution in [2.24, 2.45) is 5.73 Å².